The molecule has 0 aliphatic rings. The minimum atomic E-state index is -2.91. The molecule has 0 saturated heterocycles. The fourth-order valence-corrected chi connectivity index (χ4v) is 3.57. The normalized spacial score (nSPS) is 11.7. The van der Waals surface area contributed by atoms with E-state index in [2.05, 4.69) is 0 Å². The van der Waals surface area contributed by atoms with E-state index >= 15 is 0 Å². The summed E-state index contributed by atoms with van der Waals surface area (Å²) in [5.74, 6) is 0.817. The second-order valence-electron chi connectivity index (χ2n) is 6.52. The topological polar surface area (TPSA) is 93.1 Å². The summed E-state index contributed by atoms with van der Waals surface area (Å²) in [6.45, 7) is 0. The molecular weight excluding hydrogens is 505 g/mol. The SMILES string of the molecule is O=[PH](O)Oc1ccc(-c2ccccc2)cc1.O=[PH](O)Oc1ccc(-c2ccccc2)cc1.[Co]. The monoisotopic (exact) mass is 527 g/mol. The van der Waals surface area contributed by atoms with E-state index in [1.54, 1.807) is 24.3 Å². The smallest absolute Gasteiger partial charge is 0.365 e. The molecule has 1 radical (unpaired) electrons. The molecule has 0 saturated carbocycles. The van der Waals surface area contributed by atoms with Crippen molar-refractivity contribution in [3.05, 3.63) is 109 Å². The maximum absolute atomic E-state index is 10.5. The molecule has 33 heavy (non-hydrogen) atoms. The van der Waals surface area contributed by atoms with E-state index in [-0.39, 0.29) is 16.8 Å². The Morgan fingerprint density at radius 3 is 1.00 bits per heavy atom. The second kappa shape index (κ2) is 13.8. The predicted octanol–water partition coefficient (Wildman–Crippen LogP) is 6.23. The minimum absolute atomic E-state index is 0. The fourth-order valence-electron chi connectivity index (χ4n) is 2.89. The van der Waals surface area contributed by atoms with Gasteiger partial charge in [0.15, 0.2) is 0 Å². The van der Waals surface area contributed by atoms with Crippen molar-refractivity contribution in [1.29, 1.82) is 0 Å². The molecule has 2 unspecified atom stereocenters. The van der Waals surface area contributed by atoms with Gasteiger partial charge in [-0.3, -0.25) is 0 Å². The van der Waals surface area contributed by atoms with Gasteiger partial charge in [0.1, 0.15) is 11.5 Å². The molecule has 173 valence electrons. The molecule has 2 N–H and O–H groups in total. The molecule has 0 spiro atoms. The molecule has 0 bridgehead atoms. The van der Waals surface area contributed by atoms with Crippen LogP contribution in [-0.2, 0) is 25.9 Å². The zero-order valence-corrected chi connectivity index (χ0v) is 20.3. The minimum Gasteiger partial charge on any atom is -0.426 e. The summed E-state index contributed by atoms with van der Waals surface area (Å²) in [7, 11) is -5.83. The molecule has 0 aliphatic heterocycles. The standard InChI is InChI=1S/2C12H11O3P.Co/c2*13-16(14)15-12-8-6-11(7-9-12)10-4-2-1-3-5-10;/h2*1-9,16H,(H,13,14);. The third-order valence-corrected chi connectivity index (χ3v) is 5.15. The third-order valence-electron chi connectivity index (χ3n) is 4.33. The van der Waals surface area contributed by atoms with Crippen LogP contribution in [0.5, 0.6) is 11.5 Å². The second-order valence-corrected chi connectivity index (χ2v) is 7.99. The quantitative estimate of drug-likeness (QED) is 0.289. The number of hydrogen-bond donors (Lipinski definition) is 2. The van der Waals surface area contributed by atoms with Gasteiger partial charge in [-0.25, -0.2) is 9.13 Å². The van der Waals surface area contributed by atoms with Gasteiger partial charge in [-0.15, -0.1) is 0 Å². The van der Waals surface area contributed by atoms with Crippen LogP contribution in [0.3, 0.4) is 0 Å². The van der Waals surface area contributed by atoms with Gasteiger partial charge in [0.2, 0.25) is 0 Å². The summed E-state index contributed by atoms with van der Waals surface area (Å²) in [5, 5.41) is 0. The van der Waals surface area contributed by atoms with Crippen molar-refractivity contribution >= 4 is 16.5 Å². The summed E-state index contributed by atoms with van der Waals surface area (Å²) < 4.78 is 30.4. The van der Waals surface area contributed by atoms with Crippen molar-refractivity contribution in [1.82, 2.24) is 0 Å². The van der Waals surface area contributed by atoms with E-state index in [0.29, 0.717) is 11.5 Å². The zero-order chi connectivity index (χ0) is 22.8. The van der Waals surface area contributed by atoms with Crippen molar-refractivity contribution in [3.63, 3.8) is 0 Å². The molecule has 0 aromatic heterocycles. The van der Waals surface area contributed by atoms with Gasteiger partial charge in [-0.2, -0.15) is 0 Å². The predicted molar refractivity (Wildman–Crippen MR) is 127 cm³/mol. The first-order valence-corrected chi connectivity index (χ1v) is 12.2. The van der Waals surface area contributed by atoms with Crippen LogP contribution in [0.15, 0.2) is 109 Å². The fraction of sp³-hybridized carbons (Fsp3) is 0. The number of benzene rings is 4. The summed E-state index contributed by atoms with van der Waals surface area (Å²) in [4.78, 5) is 17.2. The van der Waals surface area contributed by atoms with E-state index < -0.39 is 16.5 Å². The van der Waals surface area contributed by atoms with Crippen molar-refractivity contribution in [3.8, 4) is 33.8 Å². The van der Waals surface area contributed by atoms with Crippen molar-refractivity contribution in [2.45, 2.75) is 0 Å². The van der Waals surface area contributed by atoms with Crippen molar-refractivity contribution in [2.75, 3.05) is 0 Å². The Morgan fingerprint density at radius 1 is 0.455 bits per heavy atom. The average molecular weight is 527 g/mol. The maximum Gasteiger partial charge on any atom is 0.365 e. The van der Waals surface area contributed by atoms with Crippen LogP contribution in [-0.4, -0.2) is 9.79 Å². The molecule has 9 heteroatoms. The Bertz CT molecular complexity index is 1060. The van der Waals surface area contributed by atoms with Gasteiger partial charge in [0.25, 0.3) is 0 Å². The van der Waals surface area contributed by atoms with E-state index in [4.69, 9.17) is 18.8 Å². The van der Waals surface area contributed by atoms with Crippen LogP contribution < -0.4 is 9.05 Å². The molecular formula is C24H22CoO6P2. The van der Waals surface area contributed by atoms with Gasteiger partial charge in [0, 0.05) is 16.8 Å². The Morgan fingerprint density at radius 2 is 0.727 bits per heavy atom. The summed E-state index contributed by atoms with van der Waals surface area (Å²) in [5.41, 5.74) is 4.30. The summed E-state index contributed by atoms with van der Waals surface area (Å²) in [6, 6.07) is 33.9. The van der Waals surface area contributed by atoms with Crippen LogP contribution in [0.2, 0.25) is 0 Å². The summed E-state index contributed by atoms with van der Waals surface area (Å²) in [6.07, 6.45) is 0. The van der Waals surface area contributed by atoms with Crippen LogP contribution in [0.1, 0.15) is 0 Å². The molecule has 2 atom stereocenters. The largest absolute Gasteiger partial charge is 0.426 e. The molecule has 6 nitrogen and oxygen atoms in total. The molecule has 4 aromatic rings. The molecule has 4 aromatic carbocycles. The van der Waals surface area contributed by atoms with Gasteiger partial charge in [0.05, 0.1) is 0 Å². The molecule has 0 heterocycles. The molecule has 0 aliphatic carbocycles. The Hall–Kier alpha value is -2.63. The van der Waals surface area contributed by atoms with Gasteiger partial charge in [-0.1, -0.05) is 84.9 Å². The number of rotatable bonds is 6. The molecule has 0 amide bonds. The van der Waals surface area contributed by atoms with E-state index in [0.717, 1.165) is 22.3 Å². The molecule has 4 rings (SSSR count). The van der Waals surface area contributed by atoms with Gasteiger partial charge in [-0.05, 0) is 46.5 Å². The van der Waals surface area contributed by atoms with Crippen LogP contribution in [0.25, 0.3) is 22.3 Å². The Balaban J connectivity index is 0.000000227. The van der Waals surface area contributed by atoms with Crippen LogP contribution >= 0.6 is 16.5 Å². The van der Waals surface area contributed by atoms with E-state index in [1.165, 1.54) is 0 Å². The van der Waals surface area contributed by atoms with Gasteiger partial charge < -0.3 is 18.8 Å². The average Bonchev–Trinajstić information content (AvgIpc) is 2.81. The first kappa shape index (κ1) is 26.6. The van der Waals surface area contributed by atoms with Crippen LogP contribution in [0.4, 0.5) is 0 Å². The Kier molecular flexibility index (Phi) is 11.1. The van der Waals surface area contributed by atoms with E-state index in [9.17, 15) is 9.13 Å². The van der Waals surface area contributed by atoms with Gasteiger partial charge >= 0.3 is 16.5 Å². The Labute approximate surface area is 204 Å². The number of hydrogen-bond acceptors (Lipinski definition) is 4. The first-order chi connectivity index (χ1) is 15.5. The molecule has 0 fully saturated rings. The zero-order valence-electron chi connectivity index (χ0n) is 17.3. The van der Waals surface area contributed by atoms with E-state index in [1.807, 2.05) is 84.9 Å². The van der Waals surface area contributed by atoms with Crippen molar-refractivity contribution in [2.24, 2.45) is 0 Å². The van der Waals surface area contributed by atoms with Crippen molar-refractivity contribution < 1.29 is 44.7 Å². The summed E-state index contributed by atoms with van der Waals surface area (Å²) >= 11 is 0. The third kappa shape index (κ3) is 9.02. The maximum atomic E-state index is 10.5. The van der Waals surface area contributed by atoms with Crippen LogP contribution in [0, 0.1) is 0 Å². The first-order valence-electron chi connectivity index (χ1n) is 9.64.